The fourth-order valence-electron chi connectivity index (χ4n) is 3.93. The van der Waals surface area contributed by atoms with E-state index >= 15 is 0 Å². The summed E-state index contributed by atoms with van der Waals surface area (Å²) in [4.78, 5) is 2.02. The van der Waals surface area contributed by atoms with Crippen LogP contribution in [0.1, 0.15) is 68.9 Å². The average Bonchev–Trinajstić information content (AvgIpc) is 2.59. The summed E-state index contributed by atoms with van der Waals surface area (Å²) in [6.07, 6.45) is 0.333. The van der Waals surface area contributed by atoms with Crippen molar-refractivity contribution in [1.82, 2.24) is 4.90 Å². The van der Waals surface area contributed by atoms with Crippen molar-refractivity contribution in [2.45, 2.75) is 75.6 Å². The average molecular weight is 457 g/mol. The summed E-state index contributed by atoms with van der Waals surface area (Å²) in [5.41, 5.74) is -0.789. The van der Waals surface area contributed by atoms with Crippen LogP contribution in [-0.4, -0.2) is 41.5 Å². The van der Waals surface area contributed by atoms with Gasteiger partial charge in [-0.25, -0.2) is 0 Å². The van der Waals surface area contributed by atoms with Crippen LogP contribution in [0.15, 0.2) is 24.3 Å². The molecule has 3 nitrogen and oxygen atoms in total. The molecule has 0 radical (unpaired) electrons. The molecule has 0 aromatic heterocycles. The lowest BCUT2D eigenvalue weighted by molar-refractivity contribution is -0.137. The van der Waals surface area contributed by atoms with Gasteiger partial charge in [0.15, 0.2) is 0 Å². The maximum absolute atomic E-state index is 13.2. The molecule has 1 aliphatic carbocycles. The fraction of sp³-hybridized carbons (Fsp3) is 0.667. The highest BCUT2D eigenvalue weighted by atomic mass is 35.5. The van der Waals surface area contributed by atoms with Crippen LogP contribution < -0.4 is 0 Å². The van der Waals surface area contributed by atoms with Gasteiger partial charge in [-0.1, -0.05) is 37.5 Å². The van der Waals surface area contributed by atoms with Crippen molar-refractivity contribution in [3.05, 3.63) is 35.4 Å². The SMILES string of the molecule is C[C@@H](CC(=N)CC(c1cccc(C(F)(F)F)c1)C1(O)CCCCC1)N(C)C.Cl.Cl. The Hall–Kier alpha value is -0.820. The van der Waals surface area contributed by atoms with Crippen molar-refractivity contribution in [2.75, 3.05) is 14.1 Å². The summed E-state index contributed by atoms with van der Waals surface area (Å²) in [5, 5.41) is 19.7. The van der Waals surface area contributed by atoms with Crippen molar-refractivity contribution in [2.24, 2.45) is 0 Å². The molecule has 0 aliphatic heterocycles. The van der Waals surface area contributed by atoms with Crippen LogP contribution in [-0.2, 0) is 6.18 Å². The first-order valence-electron chi connectivity index (χ1n) is 9.65. The summed E-state index contributed by atoms with van der Waals surface area (Å²) in [6, 6.07) is 5.45. The molecular weight excluding hydrogens is 424 g/mol. The maximum Gasteiger partial charge on any atom is 0.416 e. The number of hydrogen-bond donors (Lipinski definition) is 2. The predicted octanol–water partition coefficient (Wildman–Crippen LogP) is 6.08. The standard InChI is InChI=1S/C21H31F3N2O.2ClH/c1-15(26(2)3)12-18(25)14-19(20(27)10-5-4-6-11-20)16-8-7-9-17(13-16)21(22,23)24;;/h7-9,13,15,19,25,27H,4-6,10-12,14H2,1-3H3;2*1H/t15-,19?;;/m0../s1. The van der Waals surface area contributed by atoms with Crippen molar-refractivity contribution in [1.29, 1.82) is 5.41 Å². The molecule has 2 N–H and O–H groups in total. The van der Waals surface area contributed by atoms with Crippen LogP contribution in [0.5, 0.6) is 0 Å². The van der Waals surface area contributed by atoms with Crippen LogP contribution in [0.25, 0.3) is 0 Å². The first kappa shape index (κ1) is 28.2. The Balaban J connectivity index is 0.00000392. The molecule has 0 spiro atoms. The third-order valence-corrected chi connectivity index (χ3v) is 5.86. The van der Waals surface area contributed by atoms with Gasteiger partial charge < -0.3 is 15.4 Å². The second kappa shape index (κ2) is 11.5. The lowest BCUT2D eigenvalue weighted by Crippen LogP contribution is -2.40. The Bertz CT molecular complexity index is 647. The minimum atomic E-state index is -4.41. The van der Waals surface area contributed by atoms with E-state index < -0.39 is 23.3 Å². The van der Waals surface area contributed by atoms with E-state index in [0.717, 1.165) is 31.4 Å². The highest BCUT2D eigenvalue weighted by Gasteiger charge is 2.40. The summed E-state index contributed by atoms with van der Waals surface area (Å²) < 4.78 is 39.5. The van der Waals surface area contributed by atoms with Crippen LogP contribution >= 0.6 is 24.8 Å². The minimum absolute atomic E-state index is 0. The van der Waals surface area contributed by atoms with E-state index in [9.17, 15) is 18.3 Å². The molecule has 0 amide bonds. The molecule has 1 fully saturated rings. The number of benzene rings is 1. The largest absolute Gasteiger partial charge is 0.416 e. The lowest BCUT2D eigenvalue weighted by atomic mass is 9.70. The molecule has 0 heterocycles. The lowest BCUT2D eigenvalue weighted by Gasteiger charge is -2.40. The summed E-state index contributed by atoms with van der Waals surface area (Å²) in [5.74, 6) is -0.484. The molecule has 2 rings (SSSR count). The third-order valence-electron chi connectivity index (χ3n) is 5.86. The van der Waals surface area contributed by atoms with E-state index in [2.05, 4.69) is 0 Å². The Kier molecular flexibility index (Phi) is 11.2. The molecule has 1 unspecified atom stereocenters. The highest BCUT2D eigenvalue weighted by Crippen LogP contribution is 2.43. The Labute approximate surface area is 184 Å². The molecule has 0 saturated heterocycles. The van der Waals surface area contributed by atoms with Crippen LogP contribution in [0.2, 0.25) is 0 Å². The van der Waals surface area contributed by atoms with Gasteiger partial charge in [0, 0.05) is 24.1 Å². The molecule has 8 heteroatoms. The number of halogens is 5. The van der Waals surface area contributed by atoms with Gasteiger partial charge in [-0.2, -0.15) is 13.2 Å². The second-order valence-corrected chi connectivity index (χ2v) is 8.16. The Morgan fingerprint density at radius 3 is 2.24 bits per heavy atom. The molecule has 0 bridgehead atoms. The molecule has 1 aromatic carbocycles. The second-order valence-electron chi connectivity index (χ2n) is 8.16. The number of nitrogens with one attached hydrogen (secondary N) is 1. The summed E-state index contributed by atoms with van der Waals surface area (Å²) >= 11 is 0. The Morgan fingerprint density at radius 2 is 1.72 bits per heavy atom. The zero-order chi connectivity index (χ0) is 20.2. The van der Waals surface area contributed by atoms with Gasteiger partial charge in [-0.05, 0) is 51.9 Å². The highest BCUT2D eigenvalue weighted by molar-refractivity contribution is 5.85. The van der Waals surface area contributed by atoms with Gasteiger partial charge in [0.2, 0.25) is 0 Å². The smallest absolute Gasteiger partial charge is 0.389 e. The van der Waals surface area contributed by atoms with Crippen molar-refractivity contribution in [3.8, 4) is 0 Å². The number of rotatable bonds is 7. The third kappa shape index (κ3) is 7.74. The van der Waals surface area contributed by atoms with Gasteiger partial charge in [0.05, 0.1) is 11.2 Å². The van der Waals surface area contributed by atoms with Crippen molar-refractivity contribution in [3.63, 3.8) is 0 Å². The molecule has 168 valence electrons. The molecule has 1 saturated carbocycles. The monoisotopic (exact) mass is 456 g/mol. The maximum atomic E-state index is 13.2. The van der Waals surface area contributed by atoms with E-state index in [1.807, 2.05) is 25.9 Å². The van der Waals surface area contributed by atoms with Gasteiger partial charge in [0.1, 0.15) is 0 Å². The normalized spacial score (nSPS) is 18.3. The zero-order valence-electron chi connectivity index (χ0n) is 17.3. The van der Waals surface area contributed by atoms with E-state index in [4.69, 9.17) is 5.41 Å². The fourth-order valence-corrected chi connectivity index (χ4v) is 3.93. The Morgan fingerprint density at radius 1 is 1.14 bits per heavy atom. The molecular formula is C21H33Cl2F3N2O. The van der Waals surface area contributed by atoms with Gasteiger partial charge in [-0.3, -0.25) is 0 Å². The quantitative estimate of drug-likeness (QED) is 0.488. The molecule has 1 aliphatic rings. The number of hydrogen-bond acceptors (Lipinski definition) is 3. The van der Waals surface area contributed by atoms with Gasteiger partial charge >= 0.3 is 6.18 Å². The van der Waals surface area contributed by atoms with E-state index in [-0.39, 0.29) is 37.3 Å². The summed E-state index contributed by atoms with van der Waals surface area (Å²) in [6.45, 7) is 2.02. The molecule has 29 heavy (non-hydrogen) atoms. The predicted molar refractivity (Wildman–Crippen MR) is 117 cm³/mol. The first-order chi connectivity index (χ1) is 12.5. The number of aliphatic hydroxyl groups is 1. The molecule has 2 atom stereocenters. The first-order valence-corrected chi connectivity index (χ1v) is 9.65. The van der Waals surface area contributed by atoms with E-state index in [0.29, 0.717) is 30.5 Å². The van der Waals surface area contributed by atoms with Crippen LogP contribution in [0.3, 0.4) is 0 Å². The zero-order valence-corrected chi connectivity index (χ0v) is 18.9. The van der Waals surface area contributed by atoms with Crippen molar-refractivity contribution >= 4 is 30.5 Å². The minimum Gasteiger partial charge on any atom is -0.389 e. The van der Waals surface area contributed by atoms with E-state index in [1.165, 1.54) is 6.07 Å². The van der Waals surface area contributed by atoms with Gasteiger partial charge in [0.25, 0.3) is 0 Å². The number of nitrogens with zero attached hydrogens (tertiary/aromatic N) is 1. The van der Waals surface area contributed by atoms with Crippen molar-refractivity contribution < 1.29 is 18.3 Å². The van der Waals surface area contributed by atoms with E-state index in [1.54, 1.807) is 6.07 Å². The van der Waals surface area contributed by atoms with Crippen LogP contribution in [0, 0.1) is 5.41 Å². The topological polar surface area (TPSA) is 47.3 Å². The summed E-state index contributed by atoms with van der Waals surface area (Å²) in [7, 11) is 3.88. The van der Waals surface area contributed by atoms with Gasteiger partial charge in [-0.15, -0.1) is 24.8 Å². The number of alkyl halides is 3. The molecule has 1 aromatic rings. The van der Waals surface area contributed by atoms with Crippen LogP contribution in [0.4, 0.5) is 13.2 Å².